The maximum absolute atomic E-state index is 12.6. The van der Waals surface area contributed by atoms with Gasteiger partial charge in [-0.05, 0) is 48.5 Å². The Balaban J connectivity index is 1.32. The molecule has 6 nitrogen and oxygen atoms in total. The van der Waals surface area contributed by atoms with Gasteiger partial charge in [-0.2, -0.15) is 0 Å². The van der Waals surface area contributed by atoms with Crippen LogP contribution in [0, 0.1) is 5.92 Å². The average Bonchev–Trinajstić information content (AvgIpc) is 3.19. The fourth-order valence-corrected chi connectivity index (χ4v) is 4.25. The van der Waals surface area contributed by atoms with Gasteiger partial charge in [0, 0.05) is 44.8 Å². The van der Waals surface area contributed by atoms with Crippen LogP contribution in [0.25, 0.3) is 0 Å². The number of rotatable bonds is 7. The van der Waals surface area contributed by atoms with Crippen LogP contribution in [0.15, 0.2) is 71.2 Å². The van der Waals surface area contributed by atoms with Gasteiger partial charge in [0.15, 0.2) is 0 Å². The highest BCUT2D eigenvalue weighted by Crippen LogP contribution is 2.28. The Kier molecular flexibility index (Phi) is 7.42. The molecule has 0 saturated carbocycles. The fraction of sp³-hybridized carbons (Fsp3) is 0.167. The van der Waals surface area contributed by atoms with E-state index in [1.165, 1.54) is 0 Å². The lowest BCUT2D eigenvalue weighted by Crippen LogP contribution is -2.36. The predicted molar refractivity (Wildman–Crippen MR) is 134 cm³/mol. The van der Waals surface area contributed by atoms with E-state index in [0.29, 0.717) is 33.6 Å². The molecule has 1 atom stereocenters. The van der Waals surface area contributed by atoms with Gasteiger partial charge in [0.05, 0.1) is 11.6 Å². The Hall–Kier alpha value is -2.74. The molecule has 33 heavy (non-hydrogen) atoms. The minimum Gasteiger partial charge on any atom is -0.489 e. The molecule has 0 aliphatic carbocycles. The molecule has 2 amide bonds. The Morgan fingerprint density at radius 1 is 1.06 bits per heavy atom. The van der Waals surface area contributed by atoms with E-state index in [1.807, 2.05) is 24.3 Å². The summed E-state index contributed by atoms with van der Waals surface area (Å²) in [6.07, 6.45) is 0.158. The van der Waals surface area contributed by atoms with Gasteiger partial charge >= 0.3 is 0 Å². The lowest BCUT2D eigenvalue weighted by molar-refractivity contribution is -0.125. The molecule has 3 aromatic carbocycles. The van der Waals surface area contributed by atoms with Gasteiger partial charge in [-0.25, -0.2) is 0 Å². The summed E-state index contributed by atoms with van der Waals surface area (Å²) in [4.78, 5) is 26.7. The third-order valence-corrected chi connectivity index (χ3v) is 6.48. The molecule has 170 valence electrons. The van der Waals surface area contributed by atoms with Crippen molar-refractivity contribution in [3.05, 3.63) is 86.8 Å². The topological polar surface area (TPSA) is 70.7 Å². The average molecular weight is 549 g/mol. The van der Waals surface area contributed by atoms with Crippen molar-refractivity contribution in [1.82, 2.24) is 5.43 Å². The number of halogens is 3. The predicted octanol–water partition coefficient (Wildman–Crippen LogP) is 5.83. The molecule has 1 fully saturated rings. The van der Waals surface area contributed by atoms with Gasteiger partial charge in [0.1, 0.15) is 12.4 Å². The summed E-state index contributed by atoms with van der Waals surface area (Å²) >= 11 is 15.8. The number of anilines is 2. The normalized spacial score (nSPS) is 15.4. The van der Waals surface area contributed by atoms with Crippen LogP contribution < -0.4 is 20.5 Å². The highest BCUT2D eigenvalue weighted by Gasteiger charge is 2.35. The van der Waals surface area contributed by atoms with E-state index in [2.05, 4.69) is 26.8 Å². The van der Waals surface area contributed by atoms with Crippen molar-refractivity contribution in [2.24, 2.45) is 5.92 Å². The number of nitrogens with one attached hydrogen (secondary N) is 2. The van der Waals surface area contributed by atoms with Crippen molar-refractivity contribution < 1.29 is 14.3 Å². The number of benzene rings is 3. The number of carbonyl (C=O) groups is 2. The second-order valence-corrected chi connectivity index (χ2v) is 9.24. The summed E-state index contributed by atoms with van der Waals surface area (Å²) in [6.45, 7) is 0.542. The van der Waals surface area contributed by atoms with E-state index in [9.17, 15) is 9.59 Å². The van der Waals surface area contributed by atoms with E-state index in [1.54, 1.807) is 47.4 Å². The summed E-state index contributed by atoms with van der Waals surface area (Å²) in [5, 5.41) is 1.07. The highest BCUT2D eigenvalue weighted by atomic mass is 79.9. The van der Waals surface area contributed by atoms with Crippen molar-refractivity contribution in [2.45, 2.75) is 13.0 Å². The van der Waals surface area contributed by atoms with Gasteiger partial charge in [-0.1, -0.05) is 51.3 Å². The molecule has 2 N–H and O–H groups in total. The standard InChI is InChI=1S/C24H20BrCl2N3O3/c25-16-7-9-18(10-8-16)30-13-15(11-23(30)31)24(32)29-28-17-3-1-4-19(12-17)33-14-20-21(26)5-2-6-22(20)27/h1-10,12,15,28H,11,13-14H2,(H,29,32)/t15-/m0/s1. The van der Waals surface area contributed by atoms with Crippen molar-refractivity contribution in [3.63, 3.8) is 0 Å². The Bertz CT molecular complexity index is 1150. The Morgan fingerprint density at radius 2 is 1.76 bits per heavy atom. The number of ether oxygens (including phenoxy) is 1. The first-order valence-corrected chi connectivity index (χ1v) is 11.7. The molecule has 1 heterocycles. The summed E-state index contributed by atoms with van der Waals surface area (Å²) in [7, 11) is 0. The second-order valence-electron chi connectivity index (χ2n) is 7.51. The van der Waals surface area contributed by atoms with Crippen molar-refractivity contribution in [1.29, 1.82) is 0 Å². The third-order valence-electron chi connectivity index (χ3n) is 5.24. The second kappa shape index (κ2) is 10.5. The van der Waals surface area contributed by atoms with Crippen LogP contribution in [-0.4, -0.2) is 18.4 Å². The lowest BCUT2D eigenvalue weighted by Gasteiger charge is -2.17. The zero-order valence-corrected chi connectivity index (χ0v) is 20.5. The highest BCUT2D eigenvalue weighted by molar-refractivity contribution is 9.10. The van der Waals surface area contributed by atoms with Crippen LogP contribution in [0.3, 0.4) is 0 Å². The maximum atomic E-state index is 12.6. The summed E-state index contributed by atoms with van der Waals surface area (Å²) in [5.41, 5.74) is 7.70. The molecule has 0 radical (unpaired) electrons. The number of nitrogens with zero attached hydrogens (tertiary/aromatic N) is 1. The smallest absolute Gasteiger partial charge is 0.243 e. The molecule has 0 aromatic heterocycles. The Morgan fingerprint density at radius 3 is 2.48 bits per heavy atom. The van der Waals surface area contributed by atoms with Crippen LogP contribution in [-0.2, 0) is 16.2 Å². The third kappa shape index (κ3) is 5.79. The lowest BCUT2D eigenvalue weighted by atomic mass is 10.1. The molecule has 1 aliphatic rings. The maximum Gasteiger partial charge on any atom is 0.243 e. The first-order valence-electron chi connectivity index (χ1n) is 10.2. The van der Waals surface area contributed by atoms with E-state index < -0.39 is 5.92 Å². The monoisotopic (exact) mass is 547 g/mol. The number of hydrazine groups is 1. The van der Waals surface area contributed by atoms with Gasteiger partial charge in [0.25, 0.3) is 0 Å². The van der Waals surface area contributed by atoms with E-state index in [0.717, 1.165) is 10.2 Å². The van der Waals surface area contributed by atoms with Crippen LogP contribution >= 0.6 is 39.1 Å². The van der Waals surface area contributed by atoms with Crippen LogP contribution in [0.2, 0.25) is 10.0 Å². The van der Waals surface area contributed by atoms with Crippen LogP contribution in [0.1, 0.15) is 12.0 Å². The SMILES string of the molecule is O=C(NNc1cccc(OCc2c(Cl)cccc2Cl)c1)[C@H]1CC(=O)N(c2ccc(Br)cc2)C1. The van der Waals surface area contributed by atoms with Crippen LogP contribution in [0.4, 0.5) is 11.4 Å². The summed E-state index contributed by atoms with van der Waals surface area (Å²) < 4.78 is 6.74. The first kappa shape index (κ1) is 23.4. The first-order chi connectivity index (χ1) is 15.9. The molecule has 0 unspecified atom stereocenters. The Labute approximate surface area is 209 Å². The number of hydrogen-bond acceptors (Lipinski definition) is 4. The van der Waals surface area contributed by atoms with Gasteiger partial charge in [0.2, 0.25) is 11.8 Å². The molecule has 0 spiro atoms. The quantitative estimate of drug-likeness (QED) is 0.364. The van der Waals surface area contributed by atoms with Crippen molar-refractivity contribution in [3.8, 4) is 5.75 Å². The molecule has 4 rings (SSSR count). The summed E-state index contributed by atoms with van der Waals surface area (Å²) in [5.74, 6) is -0.193. The zero-order valence-electron chi connectivity index (χ0n) is 17.4. The number of hydrogen-bond donors (Lipinski definition) is 2. The molecule has 9 heteroatoms. The molecule has 0 bridgehead atoms. The molecular formula is C24H20BrCl2N3O3. The van der Waals surface area contributed by atoms with Gasteiger partial charge < -0.3 is 9.64 Å². The fourth-order valence-electron chi connectivity index (χ4n) is 3.48. The van der Waals surface area contributed by atoms with Crippen molar-refractivity contribution >= 4 is 62.3 Å². The number of amides is 2. The van der Waals surface area contributed by atoms with Crippen molar-refractivity contribution in [2.75, 3.05) is 16.9 Å². The van der Waals surface area contributed by atoms with Gasteiger partial charge in [-0.15, -0.1) is 0 Å². The van der Waals surface area contributed by atoms with E-state index in [-0.39, 0.29) is 24.8 Å². The summed E-state index contributed by atoms with van der Waals surface area (Å²) in [6, 6.07) is 19.9. The minimum absolute atomic E-state index is 0.0777. The van der Waals surface area contributed by atoms with Gasteiger partial charge in [-0.3, -0.25) is 20.4 Å². The molecule has 1 saturated heterocycles. The molecular weight excluding hydrogens is 529 g/mol. The minimum atomic E-state index is -0.449. The van der Waals surface area contributed by atoms with E-state index >= 15 is 0 Å². The number of carbonyl (C=O) groups excluding carboxylic acids is 2. The van der Waals surface area contributed by atoms with E-state index in [4.69, 9.17) is 27.9 Å². The zero-order chi connectivity index (χ0) is 23.4. The largest absolute Gasteiger partial charge is 0.489 e. The molecule has 1 aliphatic heterocycles. The molecule has 3 aromatic rings. The van der Waals surface area contributed by atoms with Crippen LogP contribution in [0.5, 0.6) is 5.75 Å².